The van der Waals surface area contributed by atoms with Gasteiger partial charge >= 0.3 is 0 Å². The zero-order chi connectivity index (χ0) is 13.5. The molecule has 3 nitrogen and oxygen atoms in total. The number of hydrazine groups is 1. The molecule has 1 spiro atoms. The van der Waals surface area contributed by atoms with E-state index in [1.165, 1.54) is 6.42 Å². The maximum atomic E-state index is 13.4. The Morgan fingerprint density at radius 3 is 2.37 bits per heavy atom. The maximum Gasteiger partial charge on any atom is 0.248 e. The number of nitrogens with two attached hydrogens (primary N) is 1. The van der Waals surface area contributed by atoms with Crippen LogP contribution in [0.15, 0.2) is 0 Å². The first-order chi connectivity index (χ1) is 9.04. The predicted octanol–water partition coefficient (Wildman–Crippen LogP) is 2.60. The van der Waals surface area contributed by atoms with Crippen molar-refractivity contribution < 1.29 is 13.5 Å². The molecule has 0 bridgehead atoms. The Labute approximate surface area is 113 Å². The Bertz CT molecular complexity index is 333. The fraction of sp³-hybridized carbons (Fsp3) is 1.00. The second-order valence-electron chi connectivity index (χ2n) is 6.69. The normalized spacial score (nSPS) is 38.1. The molecule has 2 aliphatic carbocycles. The molecule has 0 amide bonds. The van der Waals surface area contributed by atoms with Crippen molar-refractivity contribution >= 4 is 0 Å². The molecular weight excluding hydrogens is 250 g/mol. The topological polar surface area (TPSA) is 47.3 Å². The minimum Gasteiger partial charge on any atom is -0.375 e. The molecule has 1 heterocycles. The number of halogens is 2. The Hall–Kier alpha value is -0.260. The molecule has 0 aromatic carbocycles. The molecule has 3 atom stereocenters. The van der Waals surface area contributed by atoms with Gasteiger partial charge in [0, 0.05) is 25.5 Å². The molecule has 3 fully saturated rings. The minimum absolute atomic E-state index is 0.00771. The summed E-state index contributed by atoms with van der Waals surface area (Å²) in [4.78, 5) is 0. The van der Waals surface area contributed by atoms with E-state index in [0.29, 0.717) is 12.3 Å². The molecule has 1 saturated heterocycles. The number of alkyl halides is 2. The third-order valence-electron chi connectivity index (χ3n) is 5.45. The van der Waals surface area contributed by atoms with Crippen molar-refractivity contribution in [1.29, 1.82) is 0 Å². The Kier molecular flexibility index (Phi) is 3.56. The number of nitrogens with one attached hydrogen (secondary N) is 1. The summed E-state index contributed by atoms with van der Waals surface area (Å²) in [5.41, 5.74) is 2.90. The molecule has 3 rings (SSSR count). The van der Waals surface area contributed by atoms with Crippen LogP contribution in [0.3, 0.4) is 0 Å². The molecule has 5 heteroatoms. The molecule has 110 valence electrons. The first-order valence-electron chi connectivity index (χ1n) is 7.52. The molecule has 19 heavy (non-hydrogen) atoms. The predicted molar refractivity (Wildman–Crippen MR) is 68.7 cm³/mol. The number of ether oxygens (including phenoxy) is 1. The molecule has 3 aliphatic rings. The maximum absolute atomic E-state index is 13.4. The first-order valence-corrected chi connectivity index (χ1v) is 7.52. The van der Waals surface area contributed by atoms with Crippen molar-refractivity contribution in [2.45, 2.75) is 68.9 Å². The van der Waals surface area contributed by atoms with Crippen molar-refractivity contribution in [2.24, 2.45) is 17.7 Å². The molecule has 3 unspecified atom stereocenters. The van der Waals surface area contributed by atoms with Crippen LogP contribution in [-0.4, -0.2) is 24.2 Å². The molecule has 0 aromatic rings. The lowest BCUT2D eigenvalue weighted by molar-refractivity contribution is -0.149. The van der Waals surface area contributed by atoms with E-state index in [9.17, 15) is 8.78 Å². The summed E-state index contributed by atoms with van der Waals surface area (Å²) in [6.45, 7) is 0.756. The zero-order valence-corrected chi connectivity index (χ0v) is 11.3. The minimum atomic E-state index is -2.49. The Morgan fingerprint density at radius 1 is 1.11 bits per heavy atom. The molecule has 3 N–H and O–H groups in total. The van der Waals surface area contributed by atoms with Gasteiger partial charge in [-0.1, -0.05) is 0 Å². The lowest BCUT2D eigenvalue weighted by Gasteiger charge is -2.49. The van der Waals surface area contributed by atoms with Crippen LogP contribution in [0, 0.1) is 11.8 Å². The van der Waals surface area contributed by atoms with Crippen LogP contribution >= 0.6 is 0 Å². The Balaban J connectivity index is 1.65. The second-order valence-corrected chi connectivity index (χ2v) is 6.69. The van der Waals surface area contributed by atoms with Gasteiger partial charge in [0.05, 0.1) is 5.60 Å². The third-order valence-corrected chi connectivity index (χ3v) is 5.45. The summed E-state index contributed by atoms with van der Waals surface area (Å²) in [5, 5.41) is 0. The Morgan fingerprint density at radius 2 is 1.84 bits per heavy atom. The summed E-state index contributed by atoms with van der Waals surface area (Å²) in [7, 11) is 0. The molecule has 0 radical (unpaired) electrons. The monoisotopic (exact) mass is 274 g/mol. The van der Waals surface area contributed by atoms with Crippen molar-refractivity contribution in [1.82, 2.24) is 5.43 Å². The lowest BCUT2D eigenvalue weighted by atomic mass is 9.69. The van der Waals surface area contributed by atoms with E-state index in [0.717, 1.165) is 32.3 Å². The molecule has 1 aliphatic heterocycles. The van der Waals surface area contributed by atoms with Crippen LogP contribution in [0.25, 0.3) is 0 Å². The summed E-state index contributed by atoms with van der Waals surface area (Å²) < 4.78 is 32.7. The quantitative estimate of drug-likeness (QED) is 0.614. The number of hydrogen-bond acceptors (Lipinski definition) is 3. The van der Waals surface area contributed by atoms with Crippen molar-refractivity contribution in [3.63, 3.8) is 0 Å². The van der Waals surface area contributed by atoms with E-state index in [-0.39, 0.29) is 30.4 Å². The van der Waals surface area contributed by atoms with E-state index in [1.54, 1.807) is 0 Å². The third kappa shape index (κ3) is 2.65. The second kappa shape index (κ2) is 4.93. The smallest absolute Gasteiger partial charge is 0.248 e. The van der Waals surface area contributed by atoms with Gasteiger partial charge in [-0.05, 0) is 50.4 Å². The van der Waals surface area contributed by atoms with E-state index >= 15 is 0 Å². The van der Waals surface area contributed by atoms with Gasteiger partial charge in [0.15, 0.2) is 0 Å². The SMILES string of the molecule is NNC(C1CCC(F)(F)C1)C1CCOC2(CCC2)C1. The highest BCUT2D eigenvalue weighted by Gasteiger charge is 2.48. The van der Waals surface area contributed by atoms with E-state index in [4.69, 9.17) is 10.6 Å². The summed E-state index contributed by atoms with van der Waals surface area (Å²) in [6, 6.07) is 0.0229. The number of rotatable bonds is 3. The molecule has 0 aromatic heterocycles. The van der Waals surface area contributed by atoms with Gasteiger partial charge in [0.1, 0.15) is 0 Å². The van der Waals surface area contributed by atoms with Crippen LogP contribution in [-0.2, 0) is 4.74 Å². The van der Waals surface area contributed by atoms with Gasteiger partial charge in [-0.25, -0.2) is 8.78 Å². The van der Waals surface area contributed by atoms with Gasteiger partial charge in [0.2, 0.25) is 5.92 Å². The number of hydrogen-bond donors (Lipinski definition) is 2. The first kappa shape index (κ1) is 13.7. The van der Waals surface area contributed by atoms with Gasteiger partial charge in [-0.15, -0.1) is 0 Å². The summed E-state index contributed by atoms with van der Waals surface area (Å²) >= 11 is 0. The molecular formula is C14H24F2N2O. The average Bonchev–Trinajstić information content (AvgIpc) is 2.69. The van der Waals surface area contributed by atoms with E-state index in [1.807, 2.05) is 0 Å². The average molecular weight is 274 g/mol. The summed E-state index contributed by atoms with van der Waals surface area (Å²) in [6.07, 6.45) is 6.02. The zero-order valence-electron chi connectivity index (χ0n) is 11.3. The van der Waals surface area contributed by atoms with Gasteiger partial charge in [0.25, 0.3) is 0 Å². The van der Waals surface area contributed by atoms with Crippen molar-refractivity contribution in [2.75, 3.05) is 6.61 Å². The highest BCUT2D eigenvalue weighted by atomic mass is 19.3. The van der Waals surface area contributed by atoms with E-state index in [2.05, 4.69) is 5.43 Å². The standard InChI is InChI=1S/C14H24F2N2O/c15-14(16)6-2-10(9-14)12(18-17)11-3-7-19-13(8-11)4-1-5-13/h10-12,18H,1-9,17H2. The van der Waals surface area contributed by atoms with Gasteiger partial charge in [-0.2, -0.15) is 0 Å². The largest absolute Gasteiger partial charge is 0.375 e. The van der Waals surface area contributed by atoms with E-state index < -0.39 is 5.92 Å². The fourth-order valence-electron chi connectivity index (χ4n) is 4.24. The van der Waals surface area contributed by atoms with Crippen molar-refractivity contribution in [3.8, 4) is 0 Å². The van der Waals surface area contributed by atoms with Crippen LogP contribution in [0.2, 0.25) is 0 Å². The van der Waals surface area contributed by atoms with Gasteiger partial charge < -0.3 is 4.74 Å². The molecule has 2 saturated carbocycles. The summed E-state index contributed by atoms with van der Waals surface area (Å²) in [5.74, 6) is 3.60. The fourth-order valence-corrected chi connectivity index (χ4v) is 4.24. The van der Waals surface area contributed by atoms with Crippen LogP contribution < -0.4 is 11.3 Å². The lowest BCUT2D eigenvalue weighted by Crippen LogP contribution is -2.53. The van der Waals surface area contributed by atoms with Crippen LogP contribution in [0.5, 0.6) is 0 Å². The highest BCUT2D eigenvalue weighted by Crippen LogP contribution is 2.48. The highest BCUT2D eigenvalue weighted by molar-refractivity contribution is 4.99. The van der Waals surface area contributed by atoms with Gasteiger partial charge in [-0.3, -0.25) is 11.3 Å². The van der Waals surface area contributed by atoms with Crippen LogP contribution in [0.1, 0.15) is 51.4 Å². The van der Waals surface area contributed by atoms with Crippen molar-refractivity contribution in [3.05, 3.63) is 0 Å². The van der Waals surface area contributed by atoms with Crippen LogP contribution in [0.4, 0.5) is 8.78 Å².